The van der Waals surface area contributed by atoms with Crippen molar-refractivity contribution >= 4 is 49.7 Å². The van der Waals surface area contributed by atoms with Gasteiger partial charge in [-0.05, 0) is 37.3 Å². The quantitative estimate of drug-likeness (QED) is 0.571. The van der Waals surface area contributed by atoms with Crippen molar-refractivity contribution in [2.75, 3.05) is 11.2 Å². The van der Waals surface area contributed by atoms with Crippen LogP contribution in [0.5, 0.6) is 0 Å². The molecule has 0 aliphatic heterocycles. The Bertz CT molecular complexity index is 1280. The lowest BCUT2D eigenvalue weighted by atomic mass is 10.1. The summed E-state index contributed by atoms with van der Waals surface area (Å²) >= 11 is 7.06. The molecule has 0 aliphatic carbocycles. The standard InChI is InChI=1S/C20H16ClFN4O3S2/c1-12-18(19(27)25-31(2,28)29)24-20(30-12)26(15-8-6-13(10-23)7-9-15)11-14-4-3-5-16(21)17(14)22/h3-9H,11H2,1-2H3,(H,25,27). The van der Waals surface area contributed by atoms with E-state index in [1.165, 1.54) is 6.07 Å². The number of hydrogen-bond acceptors (Lipinski definition) is 7. The highest BCUT2D eigenvalue weighted by molar-refractivity contribution is 7.89. The van der Waals surface area contributed by atoms with Crippen LogP contribution in [0.4, 0.5) is 15.2 Å². The lowest BCUT2D eigenvalue weighted by molar-refractivity contribution is 0.0977. The summed E-state index contributed by atoms with van der Waals surface area (Å²) in [6, 6.07) is 13.2. The molecule has 11 heteroatoms. The van der Waals surface area contributed by atoms with Crippen LogP contribution >= 0.6 is 22.9 Å². The highest BCUT2D eigenvalue weighted by Crippen LogP contribution is 2.34. The van der Waals surface area contributed by atoms with Gasteiger partial charge in [-0.25, -0.2) is 22.5 Å². The Morgan fingerprint density at radius 1 is 1.29 bits per heavy atom. The van der Waals surface area contributed by atoms with Crippen molar-refractivity contribution in [2.45, 2.75) is 13.5 Å². The third kappa shape index (κ3) is 5.38. The molecule has 7 nitrogen and oxygen atoms in total. The van der Waals surface area contributed by atoms with E-state index in [1.54, 1.807) is 48.2 Å². The first kappa shape index (κ1) is 22.7. The minimum atomic E-state index is -3.76. The summed E-state index contributed by atoms with van der Waals surface area (Å²) < 4.78 is 39.3. The van der Waals surface area contributed by atoms with E-state index in [0.29, 0.717) is 26.8 Å². The summed E-state index contributed by atoms with van der Waals surface area (Å²) in [4.78, 5) is 18.8. The second-order valence-electron chi connectivity index (χ2n) is 6.56. The van der Waals surface area contributed by atoms with Crippen molar-refractivity contribution in [1.29, 1.82) is 5.26 Å². The lowest BCUT2D eigenvalue weighted by Gasteiger charge is -2.22. The molecule has 1 N–H and O–H groups in total. The fourth-order valence-electron chi connectivity index (χ4n) is 2.75. The van der Waals surface area contributed by atoms with Crippen LogP contribution in [-0.2, 0) is 16.6 Å². The first-order valence-electron chi connectivity index (χ1n) is 8.79. The zero-order chi connectivity index (χ0) is 22.8. The molecular formula is C20H16ClFN4O3S2. The highest BCUT2D eigenvalue weighted by atomic mass is 35.5. The zero-order valence-corrected chi connectivity index (χ0v) is 18.8. The first-order valence-corrected chi connectivity index (χ1v) is 11.9. The Labute approximate surface area is 187 Å². The van der Waals surface area contributed by atoms with Gasteiger partial charge in [0.2, 0.25) is 10.0 Å². The number of amides is 1. The third-order valence-electron chi connectivity index (χ3n) is 4.18. The molecule has 1 aromatic heterocycles. The molecule has 0 saturated carbocycles. The molecule has 0 aliphatic rings. The second kappa shape index (κ2) is 9.01. The van der Waals surface area contributed by atoms with E-state index in [1.807, 2.05) is 10.8 Å². The number of anilines is 2. The predicted molar refractivity (Wildman–Crippen MR) is 118 cm³/mol. The van der Waals surface area contributed by atoms with Gasteiger partial charge in [0.15, 0.2) is 5.13 Å². The van der Waals surface area contributed by atoms with Crippen molar-refractivity contribution < 1.29 is 17.6 Å². The summed E-state index contributed by atoms with van der Waals surface area (Å²) in [6.45, 7) is 1.67. The summed E-state index contributed by atoms with van der Waals surface area (Å²) in [5.41, 5.74) is 1.30. The molecule has 0 radical (unpaired) electrons. The Kier molecular flexibility index (Phi) is 6.59. The highest BCUT2D eigenvalue weighted by Gasteiger charge is 2.23. The maximum absolute atomic E-state index is 14.6. The number of nitriles is 1. The van der Waals surface area contributed by atoms with Crippen molar-refractivity contribution in [3.05, 3.63) is 75.0 Å². The fourth-order valence-corrected chi connectivity index (χ4v) is 4.30. The normalized spacial score (nSPS) is 11.1. The number of carbonyl (C=O) groups excluding carboxylic acids is 1. The Hall–Kier alpha value is -3.00. The number of carbonyl (C=O) groups is 1. The topological polar surface area (TPSA) is 103 Å². The maximum atomic E-state index is 14.6. The number of nitrogens with one attached hydrogen (secondary N) is 1. The molecule has 0 spiro atoms. The molecule has 2 aromatic carbocycles. The molecule has 0 bridgehead atoms. The number of sulfonamides is 1. The number of nitrogens with zero attached hydrogens (tertiary/aromatic N) is 3. The van der Waals surface area contributed by atoms with E-state index in [0.717, 1.165) is 17.6 Å². The lowest BCUT2D eigenvalue weighted by Crippen LogP contribution is -2.30. The van der Waals surface area contributed by atoms with Crippen LogP contribution in [0.15, 0.2) is 42.5 Å². The van der Waals surface area contributed by atoms with Gasteiger partial charge in [-0.3, -0.25) is 4.79 Å². The molecule has 0 atom stereocenters. The molecule has 31 heavy (non-hydrogen) atoms. The van der Waals surface area contributed by atoms with Crippen molar-refractivity contribution in [3.63, 3.8) is 0 Å². The average Bonchev–Trinajstić information content (AvgIpc) is 3.09. The van der Waals surface area contributed by atoms with E-state index in [2.05, 4.69) is 4.98 Å². The maximum Gasteiger partial charge on any atom is 0.284 e. The Balaban J connectivity index is 2.06. The number of halogens is 2. The predicted octanol–water partition coefficient (Wildman–Crippen LogP) is 4.14. The molecule has 3 aromatic rings. The summed E-state index contributed by atoms with van der Waals surface area (Å²) in [6.07, 6.45) is 0.873. The van der Waals surface area contributed by atoms with Gasteiger partial charge >= 0.3 is 0 Å². The van der Waals surface area contributed by atoms with Gasteiger partial charge in [-0.2, -0.15) is 5.26 Å². The number of thiazole rings is 1. The molecular weight excluding hydrogens is 463 g/mol. The van der Waals surface area contributed by atoms with Crippen LogP contribution in [0.3, 0.4) is 0 Å². The first-order chi connectivity index (χ1) is 14.6. The Morgan fingerprint density at radius 3 is 2.58 bits per heavy atom. The van der Waals surface area contributed by atoms with Gasteiger partial charge < -0.3 is 4.90 Å². The summed E-state index contributed by atoms with van der Waals surface area (Å²) in [5.74, 6) is -1.43. The molecule has 3 rings (SSSR count). The zero-order valence-electron chi connectivity index (χ0n) is 16.4. The largest absolute Gasteiger partial charge is 0.313 e. The van der Waals surface area contributed by atoms with Gasteiger partial charge in [0.1, 0.15) is 11.5 Å². The van der Waals surface area contributed by atoms with Crippen LogP contribution in [-0.4, -0.2) is 25.6 Å². The number of aromatic nitrogens is 1. The van der Waals surface area contributed by atoms with E-state index in [4.69, 9.17) is 16.9 Å². The summed E-state index contributed by atoms with van der Waals surface area (Å²) in [5, 5.41) is 9.37. The van der Waals surface area contributed by atoms with E-state index in [9.17, 15) is 17.6 Å². The second-order valence-corrected chi connectivity index (χ2v) is 9.90. The van der Waals surface area contributed by atoms with Crippen LogP contribution in [0.25, 0.3) is 0 Å². The van der Waals surface area contributed by atoms with Crippen LogP contribution in [0.1, 0.15) is 26.5 Å². The minimum absolute atomic E-state index is 0.0270. The smallest absolute Gasteiger partial charge is 0.284 e. The molecule has 1 amide bonds. The summed E-state index contributed by atoms with van der Waals surface area (Å²) in [7, 11) is -3.76. The van der Waals surface area contributed by atoms with E-state index < -0.39 is 21.7 Å². The molecule has 0 fully saturated rings. The number of benzene rings is 2. The fraction of sp³-hybridized carbons (Fsp3) is 0.150. The molecule has 160 valence electrons. The van der Waals surface area contributed by atoms with Crippen LogP contribution in [0, 0.1) is 24.1 Å². The van der Waals surface area contributed by atoms with Crippen LogP contribution in [0.2, 0.25) is 5.02 Å². The van der Waals surface area contributed by atoms with E-state index in [-0.39, 0.29) is 17.3 Å². The van der Waals surface area contributed by atoms with E-state index >= 15 is 0 Å². The number of rotatable bonds is 6. The monoisotopic (exact) mass is 478 g/mol. The SMILES string of the molecule is Cc1sc(N(Cc2cccc(Cl)c2F)c2ccc(C#N)cc2)nc1C(=O)NS(C)(=O)=O. The van der Waals surface area contributed by atoms with Crippen molar-refractivity contribution in [3.8, 4) is 6.07 Å². The third-order valence-corrected chi connectivity index (χ3v) is 6.02. The van der Waals surface area contributed by atoms with Gasteiger partial charge in [0.05, 0.1) is 29.5 Å². The molecule has 1 heterocycles. The van der Waals surface area contributed by atoms with Crippen molar-refractivity contribution in [2.24, 2.45) is 0 Å². The number of hydrogen-bond donors (Lipinski definition) is 1. The number of aryl methyl sites for hydroxylation is 1. The van der Waals surface area contributed by atoms with Crippen molar-refractivity contribution in [1.82, 2.24) is 9.71 Å². The molecule has 0 saturated heterocycles. The molecule has 0 unspecified atom stereocenters. The average molecular weight is 479 g/mol. The van der Waals surface area contributed by atoms with Gasteiger partial charge in [0, 0.05) is 16.1 Å². The van der Waals surface area contributed by atoms with Gasteiger partial charge in [0.25, 0.3) is 5.91 Å². The van der Waals surface area contributed by atoms with Gasteiger partial charge in [-0.15, -0.1) is 11.3 Å². The van der Waals surface area contributed by atoms with Crippen LogP contribution < -0.4 is 9.62 Å². The minimum Gasteiger partial charge on any atom is -0.313 e. The Morgan fingerprint density at radius 2 is 1.97 bits per heavy atom. The van der Waals surface area contributed by atoms with Gasteiger partial charge in [-0.1, -0.05) is 23.7 Å².